The van der Waals surface area contributed by atoms with Crippen molar-refractivity contribution in [3.63, 3.8) is 0 Å². The molecule has 0 aliphatic carbocycles. The Morgan fingerprint density at radius 3 is 2.90 bits per heavy atom. The number of nitrogens with one attached hydrogen (secondary N) is 1. The fourth-order valence-electron chi connectivity index (χ4n) is 2.17. The first-order valence-corrected chi connectivity index (χ1v) is 7.27. The highest BCUT2D eigenvalue weighted by Gasteiger charge is 2.07. The van der Waals surface area contributed by atoms with Crippen LogP contribution in [0.5, 0.6) is 0 Å². The van der Waals surface area contributed by atoms with Crippen molar-refractivity contribution >= 4 is 27.2 Å². The molecule has 0 saturated heterocycles. The first kappa shape index (κ1) is 13.6. The van der Waals surface area contributed by atoms with Gasteiger partial charge in [0.2, 0.25) is 0 Å². The Bertz CT molecular complexity index is 923. The van der Waals surface area contributed by atoms with Gasteiger partial charge in [-0.25, -0.2) is 9.78 Å². The minimum atomic E-state index is -0.324. The smallest absolute Gasteiger partial charge is 0.330 e. The Hall–Kier alpha value is -2.41. The van der Waals surface area contributed by atoms with Crippen molar-refractivity contribution in [3.05, 3.63) is 56.3 Å². The molecule has 0 spiro atoms. The fraction of sp³-hybridized carbons (Fsp3) is 0.214. The number of thiazole rings is 1. The summed E-state index contributed by atoms with van der Waals surface area (Å²) in [5.74, 6) is 0. The molecule has 7 heteroatoms. The van der Waals surface area contributed by atoms with Gasteiger partial charge in [-0.1, -0.05) is 0 Å². The van der Waals surface area contributed by atoms with Crippen LogP contribution in [0.2, 0.25) is 0 Å². The zero-order chi connectivity index (χ0) is 15.0. The molecule has 0 unspecified atom stereocenters. The second-order valence-electron chi connectivity index (χ2n) is 4.80. The Balaban J connectivity index is 1.87. The number of aromatic nitrogens is 3. The Morgan fingerprint density at radius 1 is 1.29 bits per heavy atom. The molecule has 0 bridgehead atoms. The van der Waals surface area contributed by atoms with Gasteiger partial charge in [-0.05, 0) is 18.2 Å². The van der Waals surface area contributed by atoms with Crippen LogP contribution >= 0.6 is 11.3 Å². The maximum Gasteiger partial charge on any atom is 0.330 e. The average Bonchev–Trinajstić information content (AvgIpc) is 2.95. The standard InChI is InChI=1S/C14H14N4O2S/c1-17-7-9(13(19)18(2)14(17)20)6-15-10-3-4-11-12(5-10)21-8-16-11/h3-5,7-8,15H,6H2,1-2H3. The van der Waals surface area contributed by atoms with Crippen LogP contribution < -0.4 is 16.6 Å². The van der Waals surface area contributed by atoms with E-state index in [1.54, 1.807) is 30.1 Å². The molecule has 3 rings (SSSR count). The lowest BCUT2D eigenvalue weighted by atomic mass is 10.2. The van der Waals surface area contributed by atoms with Crippen LogP contribution in [0, 0.1) is 0 Å². The van der Waals surface area contributed by atoms with E-state index in [0.29, 0.717) is 12.1 Å². The van der Waals surface area contributed by atoms with Gasteiger partial charge in [0.15, 0.2) is 0 Å². The lowest BCUT2D eigenvalue weighted by Gasteiger charge is -2.09. The molecule has 0 saturated carbocycles. The van der Waals surface area contributed by atoms with E-state index in [1.807, 2.05) is 18.2 Å². The van der Waals surface area contributed by atoms with E-state index in [4.69, 9.17) is 0 Å². The van der Waals surface area contributed by atoms with Gasteiger partial charge in [0, 0.05) is 32.5 Å². The zero-order valence-electron chi connectivity index (χ0n) is 11.7. The third-order valence-electron chi connectivity index (χ3n) is 3.33. The van der Waals surface area contributed by atoms with Gasteiger partial charge >= 0.3 is 5.69 Å². The summed E-state index contributed by atoms with van der Waals surface area (Å²) < 4.78 is 3.61. The Kier molecular flexibility index (Phi) is 3.34. The van der Waals surface area contributed by atoms with Crippen molar-refractivity contribution < 1.29 is 0 Å². The molecular weight excluding hydrogens is 288 g/mol. The van der Waals surface area contributed by atoms with Crippen LogP contribution in [0.15, 0.2) is 39.5 Å². The van der Waals surface area contributed by atoms with Crippen molar-refractivity contribution in [1.29, 1.82) is 0 Å². The second kappa shape index (κ2) is 5.17. The second-order valence-corrected chi connectivity index (χ2v) is 5.69. The van der Waals surface area contributed by atoms with Gasteiger partial charge in [0.25, 0.3) is 5.56 Å². The molecule has 1 aromatic carbocycles. The van der Waals surface area contributed by atoms with Gasteiger partial charge in [-0.3, -0.25) is 9.36 Å². The molecule has 0 amide bonds. The molecular formula is C14H14N4O2S. The summed E-state index contributed by atoms with van der Waals surface area (Å²) in [7, 11) is 3.12. The zero-order valence-corrected chi connectivity index (χ0v) is 12.5. The number of rotatable bonds is 3. The van der Waals surface area contributed by atoms with Crippen LogP contribution in [-0.4, -0.2) is 14.1 Å². The topological polar surface area (TPSA) is 68.9 Å². The van der Waals surface area contributed by atoms with Crippen LogP contribution in [0.4, 0.5) is 5.69 Å². The quantitative estimate of drug-likeness (QED) is 0.792. The van der Waals surface area contributed by atoms with Gasteiger partial charge < -0.3 is 9.88 Å². The Labute approximate surface area is 124 Å². The van der Waals surface area contributed by atoms with Crippen molar-refractivity contribution in [2.24, 2.45) is 14.1 Å². The number of anilines is 1. The lowest BCUT2D eigenvalue weighted by molar-refractivity contribution is 0.671. The summed E-state index contributed by atoms with van der Waals surface area (Å²) in [5.41, 5.74) is 3.63. The van der Waals surface area contributed by atoms with E-state index in [1.165, 1.54) is 11.6 Å². The van der Waals surface area contributed by atoms with E-state index in [-0.39, 0.29) is 11.2 Å². The van der Waals surface area contributed by atoms with Crippen LogP contribution in [0.3, 0.4) is 0 Å². The highest BCUT2D eigenvalue weighted by atomic mass is 32.1. The molecule has 3 aromatic rings. The number of fused-ring (bicyclic) bond motifs is 1. The van der Waals surface area contributed by atoms with Gasteiger partial charge in [-0.2, -0.15) is 0 Å². The first-order valence-electron chi connectivity index (χ1n) is 6.39. The minimum absolute atomic E-state index is 0.274. The van der Waals surface area contributed by atoms with Crippen molar-refractivity contribution in [3.8, 4) is 0 Å². The predicted octanol–water partition coefficient (Wildman–Crippen LogP) is 1.31. The number of benzene rings is 1. The van der Waals surface area contributed by atoms with Gasteiger partial charge in [0.05, 0.1) is 21.3 Å². The van der Waals surface area contributed by atoms with Gasteiger partial charge in [0.1, 0.15) is 0 Å². The molecule has 0 aliphatic heterocycles. The average molecular weight is 302 g/mol. The molecule has 2 heterocycles. The molecule has 0 fully saturated rings. The lowest BCUT2D eigenvalue weighted by Crippen LogP contribution is -2.38. The van der Waals surface area contributed by atoms with Crippen molar-refractivity contribution in [1.82, 2.24) is 14.1 Å². The summed E-state index contributed by atoms with van der Waals surface area (Å²) in [6, 6.07) is 5.86. The molecule has 108 valence electrons. The Morgan fingerprint density at radius 2 is 2.10 bits per heavy atom. The summed E-state index contributed by atoms with van der Waals surface area (Å²) in [4.78, 5) is 27.9. The third-order valence-corrected chi connectivity index (χ3v) is 4.12. The van der Waals surface area contributed by atoms with Crippen molar-refractivity contribution in [2.75, 3.05) is 5.32 Å². The van der Waals surface area contributed by atoms with E-state index in [0.717, 1.165) is 20.5 Å². The summed E-state index contributed by atoms with van der Waals surface area (Å²) in [6.07, 6.45) is 1.57. The molecule has 0 radical (unpaired) electrons. The maximum atomic E-state index is 12.0. The molecule has 2 aromatic heterocycles. The first-order chi connectivity index (χ1) is 10.1. The third kappa shape index (κ3) is 2.47. The molecule has 21 heavy (non-hydrogen) atoms. The van der Waals surface area contributed by atoms with E-state index < -0.39 is 0 Å². The summed E-state index contributed by atoms with van der Waals surface area (Å²) in [5, 5.41) is 3.21. The molecule has 0 atom stereocenters. The van der Waals surface area contributed by atoms with E-state index in [9.17, 15) is 9.59 Å². The monoisotopic (exact) mass is 302 g/mol. The SMILES string of the molecule is Cn1cc(CNc2ccc3ncsc3c2)c(=O)n(C)c1=O. The van der Waals surface area contributed by atoms with Crippen LogP contribution in [0.1, 0.15) is 5.56 Å². The highest BCUT2D eigenvalue weighted by Crippen LogP contribution is 2.21. The number of hydrogen-bond donors (Lipinski definition) is 1. The van der Waals surface area contributed by atoms with Gasteiger partial charge in [-0.15, -0.1) is 11.3 Å². The number of hydrogen-bond acceptors (Lipinski definition) is 5. The number of nitrogens with zero attached hydrogens (tertiary/aromatic N) is 3. The predicted molar refractivity (Wildman–Crippen MR) is 83.9 cm³/mol. The summed E-state index contributed by atoms with van der Waals surface area (Å²) >= 11 is 1.57. The maximum absolute atomic E-state index is 12.0. The molecule has 0 aliphatic rings. The largest absolute Gasteiger partial charge is 0.381 e. The normalized spacial score (nSPS) is 11.0. The van der Waals surface area contributed by atoms with E-state index in [2.05, 4.69) is 10.3 Å². The van der Waals surface area contributed by atoms with Crippen LogP contribution in [0.25, 0.3) is 10.2 Å². The fourth-order valence-corrected chi connectivity index (χ4v) is 2.88. The van der Waals surface area contributed by atoms with E-state index >= 15 is 0 Å². The molecule has 1 N–H and O–H groups in total. The van der Waals surface area contributed by atoms with Crippen molar-refractivity contribution in [2.45, 2.75) is 6.54 Å². The highest BCUT2D eigenvalue weighted by molar-refractivity contribution is 7.16. The van der Waals surface area contributed by atoms with Crippen LogP contribution in [-0.2, 0) is 20.6 Å². The molecule has 6 nitrogen and oxygen atoms in total. The summed E-state index contributed by atoms with van der Waals surface area (Å²) in [6.45, 7) is 0.366. The minimum Gasteiger partial charge on any atom is -0.381 e. The number of aryl methyl sites for hydroxylation is 1.